The molecule has 0 aliphatic heterocycles. The van der Waals surface area contributed by atoms with E-state index in [1.54, 1.807) is 0 Å². The van der Waals surface area contributed by atoms with E-state index >= 15 is 0 Å². The molecule has 0 saturated heterocycles. The Morgan fingerprint density at radius 3 is 2.47 bits per heavy atom. The molecule has 1 heterocycles. The maximum atomic E-state index is 12.5. The summed E-state index contributed by atoms with van der Waals surface area (Å²) in [6.07, 6.45) is -5.14. The zero-order chi connectivity index (χ0) is 13.4. The van der Waals surface area contributed by atoms with Crippen LogP contribution in [0.4, 0.5) is 13.2 Å². The zero-order valence-electron chi connectivity index (χ0n) is 8.41. The van der Waals surface area contributed by atoms with E-state index in [0.717, 1.165) is 6.92 Å². The van der Waals surface area contributed by atoms with Gasteiger partial charge in [-0.2, -0.15) is 18.3 Å². The number of hydrogen-bond acceptors (Lipinski definition) is 4. The van der Waals surface area contributed by atoms with Crippen molar-refractivity contribution in [2.24, 2.45) is 5.73 Å². The molecule has 0 bridgehead atoms. The number of primary amides is 1. The number of hydrogen-bond donors (Lipinski definition) is 2. The van der Waals surface area contributed by atoms with E-state index < -0.39 is 34.3 Å². The van der Waals surface area contributed by atoms with Crippen molar-refractivity contribution in [3.05, 3.63) is 27.1 Å². The fourth-order valence-electron chi connectivity index (χ4n) is 1.35. The fraction of sp³-hybridized carbons (Fsp3) is 0.429. The quantitative estimate of drug-likeness (QED) is 0.608. The van der Waals surface area contributed by atoms with Gasteiger partial charge < -0.3 is 5.73 Å². The van der Waals surface area contributed by atoms with E-state index in [9.17, 15) is 28.1 Å². The van der Waals surface area contributed by atoms with E-state index in [1.807, 2.05) is 5.10 Å². The number of H-pyrrole nitrogens is 1. The topological polar surface area (TPSA) is 115 Å². The van der Waals surface area contributed by atoms with Gasteiger partial charge >= 0.3 is 12.2 Å². The Morgan fingerprint density at radius 1 is 1.59 bits per heavy atom. The third-order valence-electron chi connectivity index (χ3n) is 2.04. The summed E-state index contributed by atoms with van der Waals surface area (Å²) < 4.78 is 37.6. The summed E-state index contributed by atoms with van der Waals surface area (Å²) >= 11 is 0. The van der Waals surface area contributed by atoms with Gasteiger partial charge in [0.25, 0.3) is 5.91 Å². The SMILES string of the molecule is Cc1n[nH]c(C(N)=O)c1C([N+](=O)[O-])C(F)(F)F. The summed E-state index contributed by atoms with van der Waals surface area (Å²) in [6.45, 7) is 1.11. The maximum Gasteiger partial charge on any atom is 0.462 e. The summed E-state index contributed by atoms with van der Waals surface area (Å²) in [5.41, 5.74) is 2.96. The first-order valence-electron chi connectivity index (χ1n) is 4.21. The summed E-state index contributed by atoms with van der Waals surface area (Å²) in [7, 11) is 0. The number of carbonyl (C=O) groups is 1. The number of alkyl halides is 3. The van der Waals surface area contributed by atoms with Gasteiger partial charge in [-0.1, -0.05) is 0 Å². The van der Waals surface area contributed by atoms with Crippen LogP contribution in [0.15, 0.2) is 0 Å². The highest BCUT2D eigenvalue weighted by atomic mass is 19.4. The van der Waals surface area contributed by atoms with Crippen molar-refractivity contribution in [1.82, 2.24) is 10.2 Å². The number of halogens is 3. The molecule has 1 aromatic heterocycles. The lowest BCUT2D eigenvalue weighted by Crippen LogP contribution is -2.30. The molecule has 0 saturated carbocycles. The molecule has 1 rings (SSSR count). The second kappa shape index (κ2) is 4.03. The van der Waals surface area contributed by atoms with Crippen molar-refractivity contribution >= 4 is 5.91 Å². The molecule has 1 unspecified atom stereocenters. The molecule has 0 aromatic carbocycles. The van der Waals surface area contributed by atoms with Crippen molar-refractivity contribution in [2.45, 2.75) is 19.1 Å². The van der Waals surface area contributed by atoms with Crippen molar-refractivity contribution in [2.75, 3.05) is 0 Å². The minimum absolute atomic E-state index is 0.294. The number of nitrogens with one attached hydrogen (secondary N) is 1. The molecule has 3 N–H and O–H groups in total. The molecule has 0 spiro atoms. The molecule has 7 nitrogen and oxygen atoms in total. The minimum Gasteiger partial charge on any atom is -0.364 e. The molecule has 0 aliphatic rings. The molecule has 1 atom stereocenters. The van der Waals surface area contributed by atoms with Crippen LogP contribution < -0.4 is 5.73 Å². The number of nitrogens with zero attached hydrogens (tertiary/aromatic N) is 2. The third-order valence-corrected chi connectivity index (χ3v) is 2.04. The maximum absolute atomic E-state index is 12.5. The molecule has 17 heavy (non-hydrogen) atoms. The van der Waals surface area contributed by atoms with Crippen LogP contribution in [0.1, 0.15) is 27.8 Å². The monoisotopic (exact) mass is 252 g/mol. The molecule has 1 aromatic rings. The first-order chi connectivity index (χ1) is 7.66. The van der Waals surface area contributed by atoms with Gasteiger partial charge in [-0.25, -0.2) is 0 Å². The van der Waals surface area contributed by atoms with Crippen LogP contribution in [0.2, 0.25) is 0 Å². The van der Waals surface area contributed by atoms with Crippen molar-refractivity contribution in [3.8, 4) is 0 Å². The molecule has 1 amide bonds. The van der Waals surface area contributed by atoms with Crippen molar-refractivity contribution in [1.29, 1.82) is 0 Å². The fourth-order valence-corrected chi connectivity index (χ4v) is 1.35. The van der Waals surface area contributed by atoms with Crippen LogP contribution in [-0.2, 0) is 0 Å². The first kappa shape index (κ1) is 12.9. The van der Waals surface area contributed by atoms with Crippen LogP contribution in [0, 0.1) is 17.0 Å². The van der Waals surface area contributed by atoms with Gasteiger partial charge in [-0.3, -0.25) is 20.0 Å². The molecule has 10 heteroatoms. The van der Waals surface area contributed by atoms with Gasteiger partial charge in [0.15, 0.2) is 0 Å². The lowest BCUT2D eigenvalue weighted by atomic mass is 10.0. The predicted molar refractivity (Wildman–Crippen MR) is 47.6 cm³/mol. The average Bonchev–Trinajstić information content (AvgIpc) is 2.45. The summed E-state index contributed by atoms with van der Waals surface area (Å²) in [5.74, 6) is -1.24. The van der Waals surface area contributed by atoms with Crippen molar-refractivity contribution < 1.29 is 22.9 Å². The zero-order valence-corrected chi connectivity index (χ0v) is 8.41. The van der Waals surface area contributed by atoms with Gasteiger partial charge in [0.1, 0.15) is 5.69 Å². The van der Waals surface area contributed by atoms with Crippen LogP contribution in [0.3, 0.4) is 0 Å². The molecule has 0 fully saturated rings. The first-order valence-corrected chi connectivity index (χ1v) is 4.21. The Hall–Kier alpha value is -2.13. The number of carbonyl (C=O) groups excluding carboxylic acids is 1. The Kier molecular flexibility index (Phi) is 3.07. The number of nitro groups is 1. The van der Waals surface area contributed by atoms with E-state index in [4.69, 9.17) is 5.73 Å². The third kappa shape index (κ3) is 2.34. The van der Waals surface area contributed by atoms with Crippen molar-refractivity contribution in [3.63, 3.8) is 0 Å². The number of nitrogens with two attached hydrogens (primary N) is 1. The molecule has 94 valence electrons. The van der Waals surface area contributed by atoms with E-state index in [-0.39, 0.29) is 5.69 Å². The standard InChI is InChI=1S/C7H7F3N4O3/c1-2-3(4(6(11)15)13-12-2)5(14(16)17)7(8,9)10/h5H,1H3,(H2,11,15)(H,12,13). The molecular weight excluding hydrogens is 245 g/mol. The Morgan fingerprint density at radius 2 is 2.12 bits per heavy atom. The van der Waals surface area contributed by atoms with Crippen LogP contribution in [0.25, 0.3) is 0 Å². The molecule has 0 aliphatic carbocycles. The van der Waals surface area contributed by atoms with E-state index in [1.165, 1.54) is 0 Å². The highest BCUT2D eigenvalue weighted by Gasteiger charge is 2.53. The van der Waals surface area contributed by atoms with E-state index in [2.05, 4.69) is 5.10 Å². The smallest absolute Gasteiger partial charge is 0.364 e. The Bertz CT molecular complexity index is 467. The normalized spacial score (nSPS) is 13.4. The number of aromatic amines is 1. The lowest BCUT2D eigenvalue weighted by Gasteiger charge is -2.13. The number of amides is 1. The number of rotatable bonds is 3. The molecule has 0 radical (unpaired) electrons. The highest BCUT2D eigenvalue weighted by Crippen LogP contribution is 2.37. The van der Waals surface area contributed by atoms with Gasteiger partial charge in [0, 0.05) is 4.92 Å². The average molecular weight is 252 g/mol. The van der Waals surface area contributed by atoms with Gasteiger partial charge in [-0.05, 0) is 6.92 Å². The molecular formula is C7H7F3N4O3. The van der Waals surface area contributed by atoms with E-state index in [0.29, 0.717) is 0 Å². The lowest BCUT2D eigenvalue weighted by molar-refractivity contribution is -0.570. The minimum atomic E-state index is -5.14. The van der Waals surface area contributed by atoms with Gasteiger partial charge in [0.2, 0.25) is 0 Å². The largest absolute Gasteiger partial charge is 0.462 e. The Labute approximate surface area is 91.9 Å². The Balaban J connectivity index is 3.43. The summed E-state index contributed by atoms with van der Waals surface area (Å²) in [5, 5.41) is 15.7. The van der Waals surface area contributed by atoms with Crippen LogP contribution in [0.5, 0.6) is 0 Å². The van der Waals surface area contributed by atoms with Gasteiger partial charge in [-0.15, -0.1) is 0 Å². The second-order valence-electron chi connectivity index (χ2n) is 3.19. The number of aryl methyl sites for hydroxylation is 1. The van der Waals surface area contributed by atoms with Crippen LogP contribution >= 0.6 is 0 Å². The predicted octanol–water partition coefficient (Wildman–Crippen LogP) is 0.697. The second-order valence-corrected chi connectivity index (χ2v) is 3.19. The number of aromatic nitrogens is 2. The summed E-state index contributed by atoms with van der Waals surface area (Å²) in [4.78, 5) is 19.8. The summed E-state index contributed by atoms with van der Waals surface area (Å²) in [6, 6.07) is -3.02. The van der Waals surface area contributed by atoms with Gasteiger partial charge in [0.05, 0.1) is 11.3 Å². The highest BCUT2D eigenvalue weighted by molar-refractivity contribution is 5.92. The van der Waals surface area contributed by atoms with Crippen LogP contribution in [-0.4, -0.2) is 27.2 Å².